The molecule has 4 nitrogen and oxygen atoms in total. The van der Waals surface area contributed by atoms with Gasteiger partial charge < -0.3 is 0 Å². The van der Waals surface area contributed by atoms with E-state index >= 15 is 0 Å². The van der Waals surface area contributed by atoms with Crippen LogP contribution in [0.2, 0.25) is 0 Å². The second-order valence-electron chi connectivity index (χ2n) is 4.19. The van der Waals surface area contributed by atoms with Gasteiger partial charge in [0.25, 0.3) is 5.91 Å². The van der Waals surface area contributed by atoms with Crippen LogP contribution in [0.3, 0.4) is 0 Å². The van der Waals surface area contributed by atoms with Gasteiger partial charge in [0.15, 0.2) is 0 Å². The maximum atomic E-state index is 11.8. The van der Waals surface area contributed by atoms with Crippen LogP contribution in [0.4, 0.5) is 0 Å². The number of carbonyl (C=O) groups is 1. The summed E-state index contributed by atoms with van der Waals surface area (Å²) in [7, 11) is 0. The van der Waals surface area contributed by atoms with Crippen molar-refractivity contribution in [3.63, 3.8) is 0 Å². The van der Waals surface area contributed by atoms with E-state index in [1.807, 2.05) is 24.3 Å². The Morgan fingerprint density at radius 2 is 2.00 bits per heavy atom. The van der Waals surface area contributed by atoms with Gasteiger partial charge in [-0.2, -0.15) is 0 Å². The van der Waals surface area contributed by atoms with Crippen LogP contribution in [0.5, 0.6) is 0 Å². The third kappa shape index (κ3) is 2.72. The molecule has 2 aromatic rings. The lowest BCUT2D eigenvalue weighted by molar-refractivity contribution is 0.101. The van der Waals surface area contributed by atoms with E-state index < -0.39 is 0 Å². The van der Waals surface area contributed by atoms with E-state index in [0.717, 1.165) is 0 Å². The van der Waals surface area contributed by atoms with Crippen molar-refractivity contribution in [3.8, 4) is 0 Å². The molecule has 88 valence electrons. The number of imidazole rings is 1. The minimum atomic E-state index is -0.140. The predicted molar refractivity (Wildman–Crippen MR) is 66.4 cm³/mol. The summed E-state index contributed by atoms with van der Waals surface area (Å²) in [6, 6.07) is 7.63. The van der Waals surface area contributed by atoms with Crippen molar-refractivity contribution >= 4 is 5.91 Å². The van der Waals surface area contributed by atoms with Crippen LogP contribution in [0.25, 0.3) is 0 Å². The van der Waals surface area contributed by atoms with Gasteiger partial charge in [-0.1, -0.05) is 26.0 Å². The van der Waals surface area contributed by atoms with E-state index in [4.69, 9.17) is 0 Å². The molecule has 1 aromatic carbocycles. The lowest BCUT2D eigenvalue weighted by atomic mass is 10.0. The molecule has 2 rings (SSSR count). The van der Waals surface area contributed by atoms with Crippen molar-refractivity contribution in [2.45, 2.75) is 19.8 Å². The molecule has 17 heavy (non-hydrogen) atoms. The summed E-state index contributed by atoms with van der Waals surface area (Å²) in [4.78, 5) is 15.7. The molecular formula is C13H15N3O. The van der Waals surface area contributed by atoms with Gasteiger partial charge in [0.2, 0.25) is 0 Å². The Morgan fingerprint density at radius 3 is 2.53 bits per heavy atom. The Kier molecular flexibility index (Phi) is 3.23. The number of nitrogens with one attached hydrogen (secondary N) is 1. The van der Waals surface area contributed by atoms with Gasteiger partial charge in [0, 0.05) is 18.0 Å². The summed E-state index contributed by atoms with van der Waals surface area (Å²) < 4.78 is 1.53. The van der Waals surface area contributed by atoms with E-state index in [1.165, 1.54) is 10.2 Å². The first-order valence-corrected chi connectivity index (χ1v) is 5.56. The monoisotopic (exact) mass is 229 g/mol. The van der Waals surface area contributed by atoms with Crippen molar-refractivity contribution in [3.05, 3.63) is 54.1 Å². The highest BCUT2D eigenvalue weighted by molar-refractivity contribution is 5.99. The van der Waals surface area contributed by atoms with E-state index in [9.17, 15) is 4.79 Å². The second-order valence-corrected chi connectivity index (χ2v) is 4.19. The quantitative estimate of drug-likeness (QED) is 0.878. The number of hydrogen-bond donors (Lipinski definition) is 1. The molecule has 0 radical (unpaired) electrons. The van der Waals surface area contributed by atoms with E-state index in [0.29, 0.717) is 11.5 Å². The fourth-order valence-corrected chi connectivity index (χ4v) is 1.53. The molecule has 0 aliphatic carbocycles. The van der Waals surface area contributed by atoms with Gasteiger partial charge in [0.05, 0.1) is 0 Å². The number of carbonyl (C=O) groups excluding carboxylic acids is 1. The first kappa shape index (κ1) is 11.4. The number of rotatable bonds is 3. The fourth-order valence-electron chi connectivity index (χ4n) is 1.53. The Morgan fingerprint density at radius 1 is 1.29 bits per heavy atom. The van der Waals surface area contributed by atoms with Crippen LogP contribution < -0.4 is 5.43 Å². The smallest absolute Gasteiger partial charge is 0.267 e. The van der Waals surface area contributed by atoms with Crippen LogP contribution in [0.1, 0.15) is 35.7 Å². The number of amides is 1. The van der Waals surface area contributed by atoms with Crippen molar-refractivity contribution in [2.24, 2.45) is 0 Å². The van der Waals surface area contributed by atoms with Gasteiger partial charge in [-0.05, 0) is 23.6 Å². The summed E-state index contributed by atoms with van der Waals surface area (Å²) in [6.45, 7) is 4.25. The maximum Gasteiger partial charge on any atom is 0.270 e. The first-order valence-electron chi connectivity index (χ1n) is 5.56. The van der Waals surface area contributed by atoms with E-state index in [1.54, 1.807) is 18.7 Å². The van der Waals surface area contributed by atoms with Crippen LogP contribution in [0.15, 0.2) is 43.0 Å². The number of benzene rings is 1. The molecule has 0 atom stereocenters. The summed E-state index contributed by atoms with van der Waals surface area (Å²) in [5.41, 5.74) is 4.57. The highest BCUT2D eigenvalue weighted by Gasteiger charge is 2.06. The van der Waals surface area contributed by atoms with Crippen molar-refractivity contribution in [1.29, 1.82) is 0 Å². The molecule has 1 heterocycles. The van der Waals surface area contributed by atoms with Crippen molar-refractivity contribution in [1.82, 2.24) is 9.66 Å². The summed E-state index contributed by atoms with van der Waals surface area (Å²) in [6.07, 6.45) is 4.84. The SMILES string of the molecule is CC(C)c1ccc(C(=O)Nn2ccnc2)cc1. The third-order valence-corrected chi connectivity index (χ3v) is 2.57. The third-order valence-electron chi connectivity index (χ3n) is 2.57. The van der Waals surface area contributed by atoms with Crippen molar-refractivity contribution in [2.75, 3.05) is 5.43 Å². The summed E-state index contributed by atoms with van der Waals surface area (Å²) in [5, 5.41) is 0. The van der Waals surface area contributed by atoms with Crippen LogP contribution >= 0.6 is 0 Å². The number of aromatic nitrogens is 2. The molecule has 1 aromatic heterocycles. The lowest BCUT2D eigenvalue weighted by Crippen LogP contribution is -2.21. The Labute approximate surface area is 100 Å². The molecule has 0 saturated carbocycles. The lowest BCUT2D eigenvalue weighted by Gasteiger charge is -2.08. The molecule has 0 fully saturated rings. The average molecular weight is 229 g/mol. The van der Waals surface area contributed by atoms with Gasteiger partial charge in [-0.25, -0.2) is 9.66 Å². The zero-order valence-electron chi connectivity index (χ0n) is 9.92. The summed E-state index contributed by atoms with van der Waals surface area (Å²) >= 11 is 0. The molecule has 1 amide bonds. The Bertz CT molecular complexity index is 486. The minimum absolute atomic E-state index is 0.140. The first-order chi connectivity index (χ1) is 8.16. The largest absolute Gasteiger partial charge is 0.270 e. The van der Waals surface area contributed by atoms with Gasteiger partial charge in [-0.3, -0.25) is 10.2 Å². The molecule has 0 aliphatic heterocycles. The Balaban J connectivity index is 2.09. The number of nitrogens with zero attached hydrogens (tertiary/aromatic N) is 2. The normalized spacial score (nSPS) is 10.5. The van der Waals surface area contributed by atoms with Crippen molar-refractivity contribution < 1.29 is 4.79 Å². The highest BCUT2D eigenvalue weighted by Crippen LogP contribution is 2.14. The van der Waals surface area contributed by atoms with E-state index in [-0.39, 0.29) is 5.91 Å². The molecule has 4 heteroatoms. The van der Waals surface area contributed by atoms with Gasteiger partial charge >= 0.3 is 0 Å². The Hall–Kier alpha value is -2.10. The molecule has 1 N–H and O–H groups in total. The number of hydrogen-bond acceptors (Lipinski definition) is 2. The molecule has 0 unspecified atom stereocenters. The predicted octanol–water partition coefficient (Wildman–Crippen LogP) is 2.39. The summed E-state index contributed by atoms with van der Waals surface area (Å²) in [5.74, 6) is 0.332. The fraction of sp³-hybridized carbons (Fsp3) is 0.231. The molecular weight excluding hydrogens is 214 g/mol. The zero-order chi connectivity index (χ0) is 12.3. The standard InChI is InChI=1S/C13H15N3O/c1-10(2)11-3-5-12(6-4-11)13(17)15-16-8-7-14-9-16/h3-10H,1-2H3,(H,15,17). The zero-order valence-corrected chi connectivity index (χ0v) is 9.92. The average Bonchev–Trinajstić information content (AvgIpc) is 2.82. The van der Waals surface area contributed by atoms with Crippen LogP contribution in [-0.2, 0) is 0 Å². The minimum Gasteiger partial charge on any atom is -0.267 e. The van der Waals surface area contributed by atoms with E-state index in [2.05, 4.69) is 24.3 Å². The highest BCUT2D eigenvalue weighted by atomic mass is 16.2. The maximum absolute atomic E-state index is 11.8. The van der Waals surface area contributed by atoms with Gasteiger partial charge in [0.1, 0.15) is 6.33 Å². The topological polar surface area (TPSA) is 46.9 Å². The molecule has 0 saturated heterocycles. The molecule has 0 aliphatic rings. The molecule has 0 spiro atoms. The second kappa shape index (κ2) is 4.82. The molecule has 0 bridgehead atoms. The van der Waals surface area contributed by atoms with Crippen LogP contribution in [-0.4, -0.2) is 15.6 Å². The van der Waals surface area contributed by atoms with Gasteiger partial charge in [-0.15, -0.1) is 0 Å². The van der Waals surface area contributed by atoms with Crippen LogP contribution in [0, 0.1) is 0 Å².